The Balaban J connectivity index is 0.869. The highest BCUT2D eigenvalue weighted by Crippen LogP contribution is 2.43. The van der Waals surface area contributed by atoms with E-state index in [-0.39, 0.29) is 60.3 Å². The van der Waals surface area contributed by atoms with Crippen LogP contribution in [-0.4, -0.2) is 48.0 Å². The molecule has 542 valence electrons. The summed E-state index contributed by atoms with van der Waals surface area (Å²) >= 11 is 0. The van der Waals surface area contributed by atoms with E-state index < -0.39 is 23.9 Å². The highest BCUT2D eigenvalue weighted by Gasteiger charge is 2.26. The standard InChI is InChI=1S/C98H62N8O8/c1-100-78-40-32-67(33-41-78)68-27-16-30-71(49-68)92-102-93(72-34-42-80(69-28-15-26-66(48-69)57-99)90(55-72)105-86-44-36-74(95(107)111-58-62-18-7-3-8-19-62)51-82(86)83-52-75(37-45-87(83)105)96(108)112-59-63-20-9-4-10-21-63)104-94(103-92)73-35-43-81(70-29-17-31-79(50-70)101-2)91(56-73)106-88-46-38-76(97(109)113-60-64-22-11-5-12-23-64)53-84(88)85-54-77(39-47-89(85)106)98(110)114-61-65-24-13-6-14-25-65/h3-56H,58-61H2. The van der Waals surface area contributed by atoms with Crippen LogP contribution in [0.2, 0.25) is 0 Å². The van der Waals surface area contributed by atoms with Gasteiger partial charge in [-0.05, 0) is 154 Å². The van der Waals surface area contributed by atoms with Gasteiger partial charge in [0.1, 0.15) is 26.4 Å². The van der Waals surface area contributed by atoms with Gasteiger partial charge in [-0.3, -0.25) is 0 Å². The minimum Gasteiger partial charge on any atom is -0.457 e. The lowest BCUT2D eigenvalue weighted by atomic mass is 9.98. The zero-order valence-electron chi connectivity index (χ0n) is 60.8. The first-order valence-electron chi connectivity index (χ1n) is 36.6. The van der Waals surface area contributed by atoms with Gasteiger partial charge in [0.25, 0.3) is 0 Å². The monoisotopic (exact) mass is 1480 g/mol. The molecule has 0 saturated carbocycles. The predicted octanol–water partition coefficient (Wildman–Crippen LogP) is 22.5. The first kappa shape index (κ1) is 71.0. The third-order valence-corrected chi connectivity index (χ3v) is 20.0. The molecular formula is C98H62N8O8. The smallest absolute Gasteiger partial charge is 0.338 e. The molecule has 0 fully saturated rings. The molecule has 0 amide bonds. The molecule has 17 aromatic rings. The van der Waals surface area contributed by atoms with Gasteiger partial charge in [-0.1, -0.05) is 218 Å². The van der Waals surface area contributed by atoms with E-state index in [1.807, 2.05) is 255 Å². The van der Waals surface area contributed by atoms with E-state index in [0.29, 0.717) is 111 Å². The second kappa shape index (κ2) is 31.3. The summed E-state index contributed by atoms with van der Waals surface area (Å²) in [6, 6.07) is 103. The van der Waals surface area contributed by atoms with Crippen molar-refractivity contribution in [3.63, 3.8) is 0 Å². The summed E-state index contributed by atoms with van der Waals surface area (Å²) in [6.07, 6.45) is 0. The van der Waals surface area contributed by atoms with Crippen LogP contribution in [0.15, 0.2) is 328 Å². The molecule has 0 saturated heterocycles. The van der Waals surface area contributed by atoms with Gasteiger partial charge >= 0.3 is 23.9 Å². The van der Waals surface area contributed by atoms with Gasteiger partial charge in [0, 0.05) is 49.4 Å². The molecule has 3 heterocycles. The van der Waals surface area contributed by atoms with Crippen LogP contribution >= 0.6 is 0 Å². The van der Waals surface area contributed by atoms with E-state index in [1.54, 1.807) is 72.8 Å². The second-order valence-electron chi connectivity index (χ2n) is 27.2. The van der Waals surface area contributed by atoms with Crippen LogP contribution in [0.5, 0.6) is 0 Å². The van der Waals surface area contributed by atoms with E-state index in [1.165, 1.54) is 0 Å². The van der Waals surface area contributed by atoms with Crippen LogP contribution in [0.3, 0.4) is 0 Å². The van der Waals surface area contributed by atoms with Crippen LogP contribution in [0.25, 0.3) is 132 Å². The van der Waals surface area contributed by atoms with E-state index in [9.17, 15) is 24.4 Å². The van der Waals surface area contributed by atoms with Gasteiger partial charge < -0.3 is 28.1 Å². The third kappa shape index (κ3) is 14.6. The van der Waals surface area contributed by atoms with Crippen molar-refractivity contribution in [2.24, 2.45) is 0 Å². The van der Waals surface area contributed by atoms with Crippen molar-refractivity contribution < 1.29 is 38.1 Å². The molecule has 14 aromatic carbocycles. The van der Waals surface area contributed by atoms with Gasteiger partial charge in [-0.2, -0.15) is 5.26 Å². The van der Waals surface area contributed by atoms with Crippen molar-refractivity contribution in [2.75, 3.05) is 0 Å². The van der Waals surface area contributed by atoms with Crippen LogP contribution in [0.4, 0.5) is 11.4 Å². The summed E-state index contributed by atoms with van der Waals surface area (Å²) in [6.45, 7) is 16.0. The van der Waals surface area contributed by atoms with Crippen molar-refractivity contribution in [1.82, 2.24) is 24.1 Å². The number of carbonyl (C=O) groups is 4. The van der Waals surface area contributed by atoms with E-state index in [4.69, 9.17) is 47.0 Å². The fourth-order valence-electron chi connectivity index (χ4n) is 14.3. The van der Waals surface area contributed by atoms with Crippen molar-refractivity contribution in [3.8, 4) is 85.0 Å². The lowest BCUT2D eigenvalue weighted by Gasteiger charge is -2.18. The molecule has 16 heteroatoms. The summed E-state index contributed by atoms with van der Waals surface area (Å²) in [4.78, 5) is 80.6. The lowest BCUT2D eigenvalue weighted by Crippen LogP contribution is -2.05. The van der Waals surface area contributed by atoms with Crippen molar-refractivity contribution in [1.29, 1.82) is 5.26 Å². The quantitative estimate of drug-likeness (QED) is 0.0400. The Morgan fingerprint density at radius 2 is 0.640 bits per heavy atom. The molecule has 16 nitrogen and oxygen atoms in total. The normalized spacial score (nSPS) is 11.1. The molecule has 114 heavy (non-hydrogen) atoms. The van der Waals surface area contributed by atoms with E-state index >= 15 is 0 Å². The Morgan fingerprint density at radius 3 is 1.02 bits per heavy atom. The van der Waals surface area contributed by atoms with Crippen LogP contribution in [0.1, 0.15) is 69.2 Å². The summed E-state index contributed by atoms with van der Waals surface area (Å²) in [5.74, 6) is -1.36. The molecule has 0 aliphatic rings. The molecule has 0 N–H and O–H groups in total. The Hall–Kier alpha value is -16.0. The molecular weight excluding hydrogens is 1420 g/mol. The lowest BCUT2D eigenvalue weighted by molar-refractivity contribution is 0.0464. The Kier molecular flexibility index (Phi) is 19.5. The zero-order chi connectivity index (χ0) is 77.6. The Morgan fingerprint density at radius 1 is 0.307 bits per heavy atom. The summed E-state index contributed by atoms with van der Waals surface area (Å²) in [5, 5.41) is 12.9. The maximum absolute atomic E-state index is 14.2. The highest BCUT2D eigenvalue weighted by molar-refractivity contribution is 6.15. The largest absolute Gasteiger partial charge is 0.457 e. The number of fused-ring (bicyclic) bond motifs is 6. The number of carbonyl (C=O) groups excluding carboxylic acids is 4. The van der Waals surface area contributed by atoms with Gasteiger partial charge in [0.15, 0.2) is 28.8 Å². The fraction of sp³-hybridized carbons (Fsp3) is 0.0408. The molecule has 0 radical (unpaired) electrons. The van der Waals surface area contributed by atoms with Gasteiger partial charge in [-0.25, -0.2) is 43.8 Å². The fourth-order valence-corrected chi connectivity index (χ4v) is 14.3. The zero-order valence-corrected chi connectivity index (χ0v) is 60.8. The number of aromatic nitrogens is 5. The SMILES string of the molecule is [C-]#[N+]c1ccc(-c2cccc(-c3nc(-c4ccc(-c5cccc(C#N)c5)c(-n5c6ccc(C(=O)OCc7ccccc7)cc6c6cc(C(=O)OCc7ccccc7)ccc65)c4)nc(-c4ccc(-c5cccc([N+]#[C-])c5)c(-n5c6ccc(C(=O)OCc7ccccc7)cc6c6cc(C(=O)OCc7ccccc7)ccc65)c4)n3)c2)cc1. The molecule has 0 bridgehead atoms. The number of hydrogen-bond donors (Lipinski definition) is 0. The second-order valence-corrected chi connectivity index (χ2v) is 27.2. The topological polar surface area (TPSA) is 186 Å². The predicted molar refractivity (Wildman–Crippen MR) is 441 cm³/mol. The van der Waals surface area contributed by atoms with Crippen LogP contribution < -0.4 is 0 Å². The summed E-state index contributed by atoms with van der Waals surface area (Å²) < 4.78 is 27.8. The average Bonchev–Trinajstić information content (AvgIpc) is 1.56. The van der Waals surface area contributed by atoms with Crippen molar-refractivity contribution in [2.45, 2.75) is 26.4 Å². The third-order valence-electron chi connectivity index (χ3n) is 20.0. The summed E-state index contributed by atoms with van der Waals surface area (Å²) in [5.41, 5.74) is 15.9. The maximum Gasteiger partial charge on any atom is 0.338 e. The number of nitriles is 1. The molecule has 17 rings (SSSR count). The number of esters is 4. The molecule has 0 spiro atoms. The van der Waals surface area contributed by atoms with Gasteiger partial charge in [0.2, 0.25) is 0 Å². The van der Waals surface area contributed by atoms with Gasteiger partial charge in [0.05, 0.1) is 80.5 Å². The minimum atomic E-state index is -0.549. The number of benzene rings is 14. The Labute approximate surface area is 654 Å². The van der Waals surface area contributed by atoms with E-state index in [0.717, 1.165) is 38.9 Å². The molecule has 0 atom stereocenters. The number of nitrogens with zero attached hydrogens (tertiary/aromatic N) is 8. The minimum absolute atomic E-state index is 0.0425. The Bertz CT molecular complexity index is 6220. The molecule has 0 unspecified atom stereocenters. The average molecular weight is 1480 g/mol. The number of rotatable bonds is 20. The molecule has 0 aliphatic carbocycles. The number of ether oxygens (including phenoxy) is 4. The van der Waals surface area contributed by atoms with Crippen LogP contribution in [0, 0.1) is 24.5 Å². The first-order valence-corrected chi connectivity index (χ1v) is 36.6. The number of hydrogen-bond acceptors (Lipinski definition) is 12. The highest BCUT2D eigenvalue weighted by atomic mass is 16.5. The molecule has 3 aromatic heterocycles. The maximum atomic E-state index is 14.2. The van der Waals surface area contributed by atoms with Crippen LogP contribution in [-0.2, 0) is 45.4 Å². The van der Waals surface area contributed by atoms with Crippen molar-refractivity contribution in [3.05, 3.63) is 400 Å². The summed E-state index contributed by atoms with van der Waals surface area (Å²) in [7, 11) is 0. The van der Waals surface area contributed by atoms with Gasteiger partial charge in [-0.15, -0.1) is 0 Å². The molecule has 0 aliphatic heterocycles. The van der Waals surface area contributed by atoms with Crippen molar-refractivity contribution >= 4 is 78.9 Å². The first-order chi connectivity index (χ1) is 56.0. The van der Waals surface area contributed by atoms with E-state index in [2.05, 4.69) is 24.9 Å².